The summed E-state index contributed by atoms with van der Waals surface area (Å²) in [5.41, 5.74) is 4.88. The molecule has 0 bridgehead atoms. The van der Waals surface area contributed by atoms with Crippen LogP contribution in [0.1, 0.15) is 71.3 Å². The highest BCUT2D eigenvalue weighted by molar-refractivity contribution is 5.98. The summed E-state index contributed by atoms with van der Waals surface area (Å²) in [7, 11) is 0. The van der Waals surface area contributed by atoms with Gasteiger partial charge in [-0.2, -0.15) is 20.5 Å². The zero-order chi connectivity index (χ0) is 21.0. The van der Waals surface area contributed by atoms with Gasteiger partial charge in [-0.3, -0.25) is 14.3 Å². The second-order valence-electron chi connectivity index (χ2n) is 9.05. The zero-order valence-corrected chi connectivity index (χ0v) is 17.6. The number of hydrogen-bond acceptors (Lipinski definition) is 5. The number of aromatic amines is 1. The number of carbonyl (C=O) groups is 2. The van der Waals surface area contributed by atoms with Gasteiger partial charge >= 0.3 is 0 Å². The van der Waals surface area contributed by atoms with Crippen molar-refractivity contribution in [1.82, 2.24) is 30.1 Å². The van der Waals surface area contributed by atoms with E-state index in [0.717, 1.165) is 41.7 Å². The molecule has 3 heterocycles. The van der Waals surface area contributed by atoms with Crippen LogP contribution in [0.3, 0.4) is 0 Å². The number of fused-ring (bicyclic) bond motifs is 2. The van der Waals surface area contributed by atoms with Gasteiger partial charge in [0.1, 0.15) is 16.7 Å². The van der Waals surface area contributed by atoms with Gasteiger partial charge in [0.05, 0.1) is 5.69 Å². The molecule has 2 aliphatic rings. The molecule has 0 saturated carbocycles. The van der Waals surface area contributed by atoms with Gasteiger partial charge in [0.2, 0.25) is 0 Å². The third-order valence-corrected chi connectivity index (χ3v) is 6.72. The minimum Gasteiger partial charge on any atom is -0.339 e. The number of carbonyl (C=O) groups excluding carboxylic acids is 2. The maximum absolute atomic E-state index is 13.1. The fourth-order valence-corrected chi connectivity index (χ4v) is 5.02. The first kappa shape index (κ1) is 19.0. The lowest BCUT2D eigenvalue weighted by Gasteiger charge is -2.43. The van der Waals surface area contributed by atoms with Crippen molar-refractivity contribution in [3.05, 3.63) is 40.7 Å². The Balaban J connectivity index is 1.34. The fraction of sp³-hybridized carbons (Fsp3) is 0.500. The number of piperidine rings is 1. The van der Waals surface area contributed by atoms with Crippen molar-refractivity contribution in [2.75, 3.05) is 13.1 Å². The number of rotatable bonds is 2. The number of aryl methyl sites for hydroxylation is 1. The van der Waals surface area contributed by atoms with Gasteiger partial charge in [-0.15, -0.1) is 0 Å². The third-order valence-electron chi connectivity index (χ3n) is 6.72. The maximum Gasteiger partial charge on any atom is 0.253 e. The van der Waals surface area contributed by atoms with E-state index in [4.69, 9.17) is 0 Å². The Morgan fingerprint density at radius 2 is 1.87 bits per heavy atom. The summed E-state index contributed by atoms with van der Waals surface area (Å²) in [5.74, 6) is 0.211. The van der Waals surface area contributed by atoms with Crippen LogP contribution in [0, 0.1) is 12.3 Å². The molecule has 1 aromatic carbocycles. The lowest BCUT2D eigenvalue weighted by molar-refractivity contribution is 0.0517. The second kappa shape index (κ2) is 6.75. The van der Waals surface area contributed by atoms with Crippen molar-refractivity contribution >= 4 is 22.7 Å². The van der Waals surface area contributed by atoms with Crippen LogP contribution in [0.25, 0.3) is 11.0 Å². The Morgan fingerprint density at radius 1 is 1.13 bits per heavy atom. The summed E-state index contributed by atoms with van der Waals surface area (Å²) in [4.78, 5) is 28.0. The molecule has 0 unspecified atom stereocenters. The minimum absolute atomic E-state index is 0.0152. The van der Waals surface area contributed by atoms with Crippen molar-refractivity contribution < 1.29 is 9.59 Å². The molecule has 2 aromatic heterocycles. The smallest absolute Gasteiger partial charge is 0.253 e. The summed E-state index contributed by atoms with van der Waals surface area (Å²) >= 11 is 0. The summed E-state index contributed by atoms with van der Waals surface area (Å²) < 4.78 is 1.89. The number of likely N-dealkylation sites (tertiary alicyclic amines) is 1. The molecule has 3 aromatic rings. The number of ketones is 1. The van der Waals surface area contributed by atoms with Crippen LogP contribution in [0.15, 0.2) is 18.2 Å². The first-order valence-electron chi connectivity index (χ1n) is 10.6. The normalized spacial score (nSPS) is 18.4. The number of aromatic nitrogens is 5. The molecule has 8 nitrogen and oxygen atoms in total. The number of nitrogens with zero attached hydrogens (tertiary/aromatic N) is 5. The molecule has 30 heavy (non-hydrogen) atoms. The maximum atomic E-state index is 13.1. The summed E-state index contributed by atoms with van der Waals surface area (Å²) in [5, 5.41) is 15.3. The van der Waals surface area contributed by atoms with Gasteiger partial charge < -0.3 is 4.90 Å². The first-order valence-corrected chi connectivity index (χ1v) is 10.6. The van der Waals surface area contributed by atoms with Crippen LogP contribution in [-0.2, 0) is 6.42 Å². The highest BCUT2D eigenvalue weighted by atomic mass is 16.2. The zero-order valence-electron chi connectivity index (χ0n) is 17.6. The molecule has 1 aliphatic heterocycles. The fourth-order valence-electron chi connectivity index (χ4n) is 5.02. The first-order chi connectivity index (χ1) is 14.4. The molecule has 5 rings (SSSR count). The topological polar surface area (TPSA) is 96.8 Å². The van der Waals surface area contributed by atoms with E-state index in [1.54, 1.807) is 12.1 Å². The quantitative estimate of drug-likeness (QED) is 0.705. The molecular formula is C22H26N6O2. The molecule has 1 amide bonds. The predicted octanol–water partition coefficient (Wildman–Crippen LogP) is 3.10. The Labute approximate surface area is 174 Å². The van der Waals surface area contributed by atoms with Gasteiger partial charge in [0.25, 0.3) is 5.91 Å². The number of amides is 1. The molecule has 1 aliphatic carbocycles. The molecule has 156 valence electrons. The monoisotopic (exact) mass is 406 g/mol. The van der Waals surface area contributed by atoms with Crippen molar-refractivity contribution in [2.24, 2.45) is 5.41 Å². The predicted molar refractivity (Wildman–Crippen MR) is 111 cm³/mol. The Bertz CT molecular complexity index is 1150. The van der Waals surface area contributed by atoms with Crippen molar-refractivity contribution in [1.29, 1.82) is 0 Å². The van der Waals surface area contributed by atoms with Crippen molar-refractivity contribution in [2.45, 2.75) is 52.5 Å². The van der Waals surface area contributed by atoms with Crippen LogP contribution in [0.2, 0.25) is 0 Å². The van der Waals surface area contributed by atoms with Crippen LogP contribution in [0.5, 0.6) is 0 Å². The third kappa shape index (κ3) is 2.93. The van der Waals surface area contributed by atoms with Crippen LogP contribution in [0.4, 0.5) is 0 Å². The standard InChI is InChI=1S/C22H26N6O2/c1-13(2)28-20-16(14(3)25-28)11-22(12-19(20)29)6-8-27(9-7-22)21(30)15-4-5-17-18(10-15)24-26-23-17/h4-5,10,13H,6-9,11-12H2,1-3H3,(H,23,24,26). The highest BCUT2D eigenvalue weighted by Crippen LogP contribution is 2.44. The Hall–Kier alpha value is -3.03. The molecule has 8 heteroatoms. The molecule has 1 saturated heterocycles. The Morgan fingerprint density at radius 3 is 2.60 bits per heavy atom. The summed E-state index contributed by atoms with van der Waals surface area (Å²) in [6.45, 7) is 7.45. The Kier molecular flexibility index (Phi) is 4.27. The molecule has 1 N–H and O–H groups in total. The number of H-pyrrole nitrogens is 1. The molecule has 0 radical (unpaired) electrons. The van der Waals surface area contributed by atoms with Gasteiger partial charge in [-0.1, -0.05) is 0 Å². The SMILES string of the molecule is Cc1nn(C(C)C)c2c1CC1(CCN(C(=O)c3ccc4n[nH]nc4c3)CC1)CC2=O. The van der Waals surface area contributed by atoms with E-state index in [9.17, 15) is 9.59 Å². The minimum atomic E-state index is -0.0630. The van der Waals surface area contributed by atoms with Gasteiger partial charge in [0.15, 0.2) is 5.78 Å². The number of benzene rings is 1. The second-order valence-corrected chi connectivity index (χ2v) is 9.05. The van der Waals surface area contributed by atoms with Crippen LogP contribution >= 0.6 is 0 Å². The van der Waals surface area contributed by atoms with Crippen molar-refractivity contribution in [3.8, 4) is 0 Å². The molecule has 0 atom stereocenters. The van der Waals surface area contributed by atoms with E-state index in [-0.39, 0.29) is 23.1 Å². The van der Waals surface area contributed by atoms with E-state index in [1.807, 2.05) is 22.6 Å². The summed E-state index contributed by atoms with van der Waals surface area (Å²) in [6, 6.07) is 5.57. The van der Waals surface area contributed by atoms with E-state index in [1.165, 1.54) is 0 Å². The summed E-state index contributed by atoms with van der Waals surface area (Å²) in [6.07, 6.45) is 3.09. The number of hydrogen-bond donors (Lipinski definition) is 1. The molecular weight excluding hydrogens is 380 g/mol. The highest BCUT2D eigenvalue weighted by Gasteiger charge is 2.44. The molecule has 1 spiro atoms. The number of nitrogens with one attached hydrogen (secondary N) is 1. The average Bonchev–Trinajstić information content (AvgIpc) is 3.32. The number of Topliss-reactive ketones (excluding diaryl/α,β-unsaturated/α-hetero) is 1. The largest absolute Gasteiger partial charge is 0.339 e. The van der Waals surface area contributed by atoms with Gasteiger partial charge in [0, 0.05) is 36.7 Å². The average molecular weight is 406 g/mol. The lowest BCUT2D eigenvalue weighted by atomic mass is 9.66. The van der Waals surface area contributed by atoms with Crippen molar-refractivity contribution in [3.63, 3.8) is 0 Å². The van der Waals surface area contributed by atoms with E-state index < -0.39 is 0 Å². The van der Waals surface area contributed by atoms with Crippen LogP contribution in [-0.4, -0.2) is 54.9 Å². The lowest BCUT2D eigenvalue weighted by Crippen LogP contribution is -2.46. The van der Waals surface area contributed by atoms with Crippen LogP contribution < -0.4 is 0 Å². The van der Waals surface area contributed by atoms with Gasteiger partial charge in [-0.05, 0) is 63.6 Å². The van der Waals surface area contributed by atoms with E-state index in [0.29, 0.717) is 30.6 Å². The molecule has 1 fully saturated rings. The van der Waals surface area contributed by atoms with E-state index in [2.05, 4.69) is 34.4 Å². The van der Waals surface area contributed by atoms with E-state index >= 15 is 0 Å². The van der Waals surface area contributed by atoms with Gasteiger partial charge in [-0.25, -0.2) is 0 Å².